The van der Waals surface area contributed by atoms with E-state index in [9.17, 15) is 9.70 Å². The number of para-hydroxylation sites is 1. The molecule has 0 aliphatic rings. The van der Waals surface area contributed by atoms with Crippen LogP contribution in [0.3, 0.4) is 0 Å². The topological polar surface area (TPSA) is 65.0 Å². The third-order valence-corrected chi connectivity index (χ3v) is 2.48. The summed E-state index contributed by atoms with van der Waals surface area (Å²) in [4.78, 5) is 21.7. The normalized spacial score (nSPS) is 11.6. The number of rotatable bonds is 6. The largest absolute Gasteiger partial charge is 0.496 e. The first-order valence-corrected chi connectivity index (χ1v) is 5.25. The minimum atomic E-state index is -0.954. The Morgan fingerprint density at radius 2 is 2.06 bits per heavy atom. The molecule has 92 valence electrons. The third kappa shape index (κ3) is 3.55. The van der Waals surface area contributed by atoms with E-state index in [1.54, 1.807) is 7.11 Å². The number of aryl methyl sites for hydroxylation is 1. The van der Waals surface area contributed by atoms with Crippen molar-refractivity contribution in [2.75, 3.05) is 14.2 Å². The Kier molecular flexibility index (Phi) is 5.13. The lowest BCUT2D eigenvalue weighted by Gasteiger charge is -2.09. The molecule has 0 N–H and O–H groups in total. The Balaban J connectivity index is 2.65. The molecule has 0 aromatic heterocycles. The highest BCUT2D eigenvalue weighted by atomic mass is 16.5. The van der Waals surface area contributed by atoms with Crippen molar-refractivity contribution in [2.24, 2.45) is 5.18 Å². The van der Waals surface area contributed by atoms with Gasteiger partial charge in [-0.05, 0) is 24.5 Å². The van der Waals surface area contributed by atoms with Crippen molar-refractivity contribution in [3.63, 3.8) is 0 Å². The van der Waals surface area contributed by atoms with E-state index in [2.05, 4.69) is 9.91 Å². The van der Waals surface area contributed by atoms with Gasteiger partial charge in [-0.3, -0.25) is 0 Å². The van der Waals surface area contributed by atoms with Gasteiger partial charge in [0.1, 0.15) is 5.75 Å². The molecule has 5 heteroatoms. The number of nitroso groups, excluding NO2 is 1. The predicted molar refractivity (Wildman–Crippen MR) is 62.9 cm³/mol. The first kappa shape index (κ1) is 13.2. The van der Waals surface area contributed by atoms with E-state index in [0.29, 0.717) is 12.8 Å². The van der Waals surface area contributed by atoms with Gasteiger partial charge in [-0.1, -0.05) is 23.4 Å². The molecular weight excluding hydrogens is 222 g/mol. The molecule has 1 rings (SSSR count). The summed E-state index contributed by atoms with van der Waals surface area (Å²) in [5.41, 5.74) is 0.938. The van der Waals surface area contributed by atoms with Crippen LogP contribution in [0.2, 0.25) is 0 Å². The number of methoxy groups -OCH3 is 2. The quantitative estimate of drug-likeness (QED) is 0.560. The monoisotopic (exact) mass is 237 g/mol. The van der Waals surface area contributed by atoms with Crippen LogP contribution in [0.4, 0.5) is 0 Å². The van der Waals surface area contributed by atoms with Crippen LogP contribution in [-0.4, -0.2) is 26.2 Å². The number of esters is 1. The van der Waals surface area contributed by atoms with Gasteiger partial charge in [-0.15, -0.1) is 4.91 Å². The maximum Gasteiger partial charge on any atom is 0.334 e. The second-order valence-electron chi connectivity index (χ2n) is 3.49. The predicted octanol–water partition coefficient (Wildman–Crippen LogP) is 1.94. The summed E-state index contributed by atoms with van der Waals surface area (Å²) >= 11 is 0. The number of hydrogen-bond donors (Lipinski definition) is 0. The van der Waals surface area contributed by atoms with Crippen molar-refractivity contribution in [1.29, 1.82) is 0 Å². The molecule has 0 fully saturated rings. The molecule has 0 aliphatic heterocycles. The lowest BCUT2D eigenvalue weighted by molar-refractivity contribution is -0.142. The average molecular weight is 237 g/mol. The number of carbonyl (C=O) groups is 1. The van der Waals surface area contributed by atoms with Gasteiger partial charge in [0.2, 0.25) is 0 Å². The zero-order valence-corrected chi connectivity index (χ0v) is 9.88. The maximum atomic E-state index is 11.2. The molecular formula is C12H15NO4. The molecule has 1 aromatic rings. The van der Waals surface area contributed by atoms with E-state index in [1.807, 2.05) is 24.3 Å². The fourth-order valence-electron chi connectivity index (χ4n) is 1.55. The van der Waals surface area contributed by atoms with Gasteiger partial charge in [0.25, 0.3) is 0 Å². The van der Waals surface area contributed by atoms with Crippen molar-refractivity contribution < 1.29 is 14.3 Å². The molecule has 1 atom stereocenters. The maximum absolute atomic E-state index is 11.2. The standard InChI is InChI=1S/C12H15NO4/c1-16-11-6-4-3-5-9(11)7-8-10(13-15)12(14)17-2/h3-6,10H,7-8H2,1-2H3. The van der Waals surface area contributed by atoms with Crippen molar-refractivity contribution >= 4 is 5.97 Å². The molecule has 0 radical (unpaired) electrons. The van der Waals surface area contributed by atoms with Crippen LogP contribution in [0.15, 0.2) is 29.4 Å². The second-order valence-corrected chi connectivity index (χ2v) is 3.49. The van der Waals surface area contributed by atoms with Crippen molar-refractivity contribution in [2.45, 2.75) is 18.9 Å². The summed E-state index contributed by atoms with van der Waals surface area (Å²) < 4.78 is 9.66. The van der Waals surface area contributed by atoms with Crippen LogP contribution in [0.25, 0.3) is 0 Å². The van der Waals surface area contributed by atoms with Gasteiger partial charge < -0.3 is 9.47 Å². The number of carbonyl (C=O) groups excluding carboxylic acids is 1. The summed E-state index contributed by atoms with van der Waals surface area (Å²) in [5.74, 6) is 0.136. The van der Waals surface area contributed by atoms with Gasteiger partial charge in [-0.25, -0.2) is 4.79 Å². The third-order valence-electron chi connectivity index (χ3n) is 2.48. The molecule has 0 aliphatic carbocycles. The lowest BCUT2D eigenvalue weighted by Crippen LogP contribution is -2.20. The van der Waals surface area contributed by atoms with Crippen LogP contribution < -0.4 is 4.74 Å². The van der Waals surface area contributed by atoms with Crippen LogP contribution >= 0.6 is 0 Å². The first-order valence-electron chi connectivity index (χ1n) is 5.25. The smallest absolute Gasteiger partial charge is 0.334 e. The van der Waals surface area contributed by atoms with Gasteiger partial charge in [0.05, 0.1) is 14.2 Å². The fourth-order valence-corrected chi connectivity index (χ4v) is 1.55. The molecule has 0 saturated heterocycles. The van der Waals surface area contributed by atoms with E-state index in [0.717, 1.165) is 11.3 Å². The number of nitrogens with zero attached hydrogens (tertiary/aromatic N) is 1. The van der Waals surface area contributed by atoms with E-state index in [-0.39, 0.29) is 0 Å². The first-order chi connectivity index (χ1) is 8.22. The number of ether oxygens (including phenoxy) is 2. The second kappa shape index (κ2) is 6.62. The summed E-state index contributed by atoms with van der Waals surface area (Å²) in [6, 6.07) is 6.50. The highest BCUT2D eigenvalue weighted by Gasteiger charge is 2.20. The van der Waals surface area contributed by atoms with Crippen molar-refractivity contribution in [3.8, 4) is 5.75 Å². The minimum Gasteiger partial charge on any atom is -0.496 e. The number of hydrogen-bond acceptors (Lipinski definition) is 5. The summed E-state index contributed by atoms with van der Waals surface area (Å²) in [5, 5.41) is 2.76. The Morgan fingerprint density at radius 3 is 2.65 bits per heavy atom. The molecule has 0 saturated carbocycles. The van der Waals surface area contributed by atoms with Crippen molar-refractivity contribution in [1.82, 2.24) is 0 Å². The van der Waals surface area contributed by atoms with Gasteiger partial charge >= 0.3 is 5.97 Å². The fraction of sp³-hybridized carbons (Fsp3) is 0.417. The summed E-state index contributed by atoms with van der Waals surface area (Å²) in [7, 11) is 2.82. The highest BCUT2D eigenvalue weighted by Crippen LogP contribution is 2.20. The van der Waals surface area contributed by atoms with Gasteiger partial charge in [0, 0.05) is 0 Å². The molecule has 5 nitrogen and oxygen atoms in total. The van der Waals surface area contributed by atoms with E-state index in [1.165, 1.54) is 7.11 Å². The van der Waals surface area contributed by atoms with Gasteiger partial charge in [-0.2, -0.15) is 0 Å². The molecule has 0 heterocycles. The van der Waals surface area contributed by atoms with E-state index >= 15 is 0 Å². The molecule has 0 amide bonds. The highest BCUT2D eigenvalue weighted by molar-refractivity contribution is 5.75. The lowest BCUT2D eigenvalue weighted by atomic mass is 10.0. The summed E-state index contributed by atoms with van der Waals surface area (Å²) in [6.07, 6.45) is 0.853. The zero-order valence-electron chi connectivity index (χ0n) is 9.88. The summed E-state index contributed by atoms with van der Waals surface area (Å²) in [6.45, 7) is 0. The van der Waals surface area contributed by atoms with Gasteiger partial charge in [0.15, 0.2) is 6.04 Å². The zero-order chi connectivity index (χ0) is 12.7. The SMILES string of the molecule is COC(=O)C(CCc1ccccc1OC)N=O. The van der Waals surface area contributed by atoms with E-state index < -0.39 is 12.0 Å². The van der Waals surface area contributed by atoms with Crippen molar-refractivity contribution in [3.05, 3.63) is 34.7 Å². The van der Waals surface area contributed by atoms with Crippen LogP contribution in [0.1, 0.15) is 12.0 Å². The molecule has 1 unspecified atom stereocenters. The Labute approximate surface area is 99.7 Å². The average Bonchev–Trinajstić information content (AvgIpc) is 2.39. The Morgan fingerprint density at radius 1 is 1.35 bits per heavy atom. The van der Waals surface area contributed by atoms with E-state index in [4.69, 9.17) is 4.74 Å². The van der Waals surface area contributed by atoms with Crippen LogP contribution in [0.5, 0.6) is 5.75 Å². The molecule has 17 heavy (non-hydrogen) atoms. The molecule has 1 aromatic carbocycles. The van der Waals surface area contributed by atoms with Crippen LogP contribution in [-0.2, 0) is 16.0 Å². The molecule has 0 spiro atoms. The Bertz CT molecular complexity index is 392. The Hall–Kier alpha value is -1.91. The molecule has 0 bridgehead atoms. The number of benzene rings is 1. The van der Waals surface area contributed by atoms with Crippen LogP contribution in [0, 0.1) is 4.91 Å². The minimum absolute atomic E-state index is 0.316.